The predicted octanol–water partition coefficient (Wildman–Crippen LogP) is 5.30. The largest absolute Gasteiger partial charge is 0.357 e. The lowest BCUT2D eigenvalue weighted by atomic mass is 10.0. The van der Waals surface area contributed by atoms with Crippen molar-refractivity contribution in [2.24, 2.45) is 0 Å². The second kappa shape index (κ2) is 12.7. The van der Waals surface area contributed by atoms with Crippen molar-refractivity contribution >= 4 is 61.5 Å². The van der Waals surface area contributed by atoms with Crippen LogP contribution in [0.1, 0.15) is 11.1 Å². The highest BCUT2D eigenvalue weighted by Gasteiger charge is 2.33. The number of halogens is 2. The lowest BCUT2D eigenvalue weighted by Gasteiger charge is -2.33. The van der Waals surface area contributed by atoms with Crippen LogP contribution in [0.15, 0.2) is 91.0 Å². The summed E-state index contributed by atoms with van der Waals surface area (Å²) in [4.78, 5) is 28.7. The van der Waals surface area contributed by atoms with E-state index in [-0.39, 0.29) is 13.0 Å². The van der Waals surface area contributed by atoms with Crippen LogP contribution in [0, 0.1) is 0 Å². The average molecular weight is 599 g/mol. The molecule has 40 heavy (non-hydrogen) atoms. The molecule has 1 N–H and O–H groups in total. The van der Waals surface area contributed by atoms with E-state index in [0.717, 1.165) is 21.5 Å². The summed E-state index contributed by atoms with van der Waals surface area (Å²) in [5, 5.41) is 4.92. The van der Waals surface area contributed by atoms with Gasteiger partial charge in [0, 0.05) is 35.4 Å². The third kappa shape index (κ3) is 6.94. The van der Waals surface area contributed by atoms with E-state index in [1.54, 1.807) is 36.4 Å². The van der Waals surface area contributed by atoms with Gasteiger partial charge in [0.2, 0.25) is 21.8 Å². The molecule has 0 aliphatic rings. The summed E-state index contributed by atoms with van der Waals surface area (Å²) in [5.74, 6) is -0.952. The molecule has 0 unspecified atom stereocenters. The molecule has 1 atom stereocenters. The number of hydrogen-bond acceptors (Lipinski definition) is 4. The van der Waals surface area contributed by atoms with E-state index in [4.69, 9.17) is 23.2 Å². The third-order valence-corrected chi connectivity index (χ3v) is 8.30. The number of benzene rings is 4. The van der Waals surface area contributed by atoms with E-state index in [1.807, 2.05) is 54.6 Å². The van der Waals surface area contributed by atoms with Crippen molar-refractivity contribution < 1.29 is 18.0 Å². The van der Waals surface area contributed by atoms with Gasteiger partial charge in [-0.15, -0.1) is 0 Å². The van der Waals surface area contributed by atoms with Crippen LogP contribution in [-0.4, -0.2) is 51.0 Å². The molecule has 0 fully saturated rings. The number of likely N-dealkylation sites (N-methyl/N-ethyl adjacent to an activating group) is 1. The molecule has 0 heterocycles. The first-order valence-electron chi connectivity index (χ1n) is 12.5. The van der Waals surface area contributed by atoms with Gasteiger partial charge in [-0.1, -0.05) is 96.0 Å². The summed E-state index contributed by atoms with van der Waals surface area (Å²) < 4.78 is 27.2. The van der Waals surface area contributed by atoms with Gasteiger partial charge in [0.15, 0.2) is 0 Å². The van der Waals surface area contributed by atoms with Crippen LogP contribution in [0.25, 0.3) is 10.8 Å². The Hall–Kier alpha value is -3.59. The quantitative estimate of drug-likeness (QED) is 0.269. The number of anilines is 1. The van der Waals surface area contributed by atoms with Gasteiger partial charge in [-0.05, 0) is 34.7 Å². The number of nitrogens with one attached hydrogen (secondary N) is 1. The Morgan fingerprint density at radius 3 is 2.25 bits per heavy atom. The number of fused-ring (bicyclic) bond motifs is 1. The summed E-state index contributed by atoms with van der Waals surface area (Å²) in [5.41, 5.74) is 1.78. The van der Waals surface area contributed by atoms with Crippen molar-refractivity contribution in [3.05, 3.63) is 112 Å². The van der Waals surface area contributed by atoms with Gasteiger partial charge < -0.3 is 10.2 Å². The minimum Gasteiger partial charge on any atom is -0.357 e. The Kier molecular flexibility index (Phi) is 9.35. The number of sulfonamides is 1. The molecule has 0 aliphatic heterocycles. The standard InChI is InChI=1S/C30H29Cl2N3O4S/c1-33-30(37)28(17-21-9-4-3-5-10-21)34(19-23-15-16-24(31)18-26(23)32)29(36)20-35(40(2,38)39)27-14-8-12-22-11-6-7-13-25(22)27/h3-16,18,28H,17,19-20H2,1-2H3,(H,33,37)/t28-/m1/s1. The minimum atomic E-state index is -3.89. The van der Waals surface area contributed by atoms with Gasteiger partial charge in [0.25, 0.3) is 0 Å². The highest BCUT2D eigenvalue weighted by atomic mass is 35.5. The van der Waals surface area contributed by atoms with E-state index in [1.165, 1.54) is 11.9 Å². The highest BCUT2D eigenvalue weighted by Crippen LogP contribution is 2.29. The first-order chi connectivity index (χ1) is 19.1. The maximum absolute atomic E-state index is 14.1. The maximum Gasteiger partial charge on any atom is 0.244 e. The smallest absolute Gasteiger partial charge is 0.244 e. The number of carbonyl (C=O) groups excluding carboxylic acids is 2. The Balaban J connectivity index is 1.78. The zero-order valence-electron chi connectivity index (χ0n) is 22.1. The summed E-state index contributed by atoms with van der Waals surface area (Å²) >= 11 is 12.6. The fourth-order valence-electron chi connectivity index (χ4n) is 4.57. The molecule has 7 nitrogen and oxygen atoms in total. The lowest BCUT2D eigenvalue weighted by molar-refractivity contribution is -0.139. The van der Waals surface area contributed by atoms with Crippen LogP contribution >= 0.6 is 23.2 Å². The fraction of sp³-hybridized carbons (Fsp3) is 0.200. The summed E-state index contributed by atoms with van der Waals surface area (Å²) in [7, 11) is -2.40. The Morgan fingerprint density at radius 1 is 0.900 bits per heavy atom. The van der Waals surface area contributed by atoms with Crippen LogP contribution in [0.5, 0.6) is 0 Å². The molecule has 4 aromatic rings. The summed E-state index contributed by atoms with van der Waals surface area (Å²) in [6, 6.07) is 25.9. The highest BCUT2D eigenvalue weighted by molar-refractivity contribution is 7.92. The van der Waals surface area contributed by atoms with Gasteiger partial charge in [-0.3, -0.25) is 13.9 Å². The normalized spacial score (nSPS) is 12.1. The van der Waals surface area contributed by atoms with Gasteiger partial charge in [0.1, 0.15) is 12.6 Å². The molecule has 10 heteroatoms. The van der Waals surface area contributed by atoms with Crippen molar-refractivity contribution in [3.8, 4) is 0 Å². The van der Waals surface area contributed by atoms with Crippen LogP contribution in [0.3, 0.4) is 0 Å². The van der Waals surface area contributed by atoms with Crippen LogP contribution < -0.4 is 9.62 Å². The lowest BCUT2D eigenvalue weighted by Crippen LogP contribution is -2.53. The molecule has 0 spiro atoms. The van der Waals surface area contributed by atoms with E-state index in [0.29, 0.717) is 26.7 Å². The van der Waals surface area contributed by atoms with Gasteiger partial charge >= 0.3 is 0 Å². The van der Waals surface area contributed by atoms with Crippen molar-refractivity contribution in [2.75, 3.05) is 24.2 Å². The molecule has 0 radical (unpaired) electrons. The molecular formula is C30H29Cl2N3O4S. The first-order valence-corrected chi connectivity index (χ1v) is 15.1. The number of rotatable bonds is 10. The zero-order valence-corrected chi connectivity index (χ0v) is 24.4. The number of carbonyl (C=O) groups is 2. The molecule has 4 aromatic carbocycles. The number of nitrogens with zero attached hydrogens (tertiary/aromatic N) is 2. The SMILES string of the molecule is CNC(=O)[C@@H](Cc1ccccc1)N(Cc1ccc(Cl)cc1Cl)C(=O)CN(c1cccc2ccccc12)S(C)(=O)=O. The second-order valence-electron chi connectivity index (χ2n) is 9.35. The Morgan fingerprint density at radius 2 is 1.57 bits per heavy atom. The Labute approximate surface area is 244 Å². The molecule has 0 saturated carbocycles. The van der Waals surface area contributed by atoms with Crippen LogP contribution in [-0.2, 0) is 32.6 Å². The molecule has 0 saturated heterocycles. The summed E-state index contributed by atoms with van der Waals surface area (Å²) in [6.45, 7) is -0.548. The van der Waals surface area contributed by atoms with Gasteiger partial charge in [-0.25, -0.2) is 8.42 Å². The molecule has 0 bridgehead atoms. The minimum absolute atomic E-state index is 0.0348. The van der Waals surface area contributed by atoms with Crippen LogP contribution in [0.2, 0.25) is 10.0 Å². The number of hydrogen-bond donors (Lipinski definition) is 1. The van der Waals surface area contributed by atoms with E-state index in [9.17, 15) is 18.0 Å². The van der Waals surface area contributed by atoms with E-state index >= 15 is 0 Å². The van der Waals surface area contributed by atoms with Crippen molar-refractivity contribution in [3.63, 3.8) is 0 Å². The van der Waals surface area contributed by atoms with Crippen molar-refractivity contribution in [1.29, 1.82) is 0 Å². The zero-order chi connectivity index (χ0) is 28.9. The maximum atomic E-state index is 14.1. The monoisotopic (exact) mass is 597 g/mol. The van der Waals surface area contributed by atoms with Gasteiger partial charge in [0.05, 0.1) is 11.9 Å². The second-order valence-corrected chi connectivity index (χ2v) is 12.1. The van der Waals surface area contributed by atoms with Crippen LogP contribution in [0.4, 0.5) is 5.69 Å². The first kappa shape index (κ1) is 29.4. The molecular weight excluding hydrogens is 569 g/mol. The molecule has 4 rings (SSSR count). The fourth-order valence-corrected chi connectivity index (χ4v) is 5.90. The van der Waals surface area contributed by atoms with E-state index < -0.39 is 34.4 Å². The molecule has 2 amide bonds. The third-order valence-electron chi connectivity index (χ3n) is 6.59. The van der Waals surface area contributed by atoms with E-state index in [2.05, 4.69) is 5.32 Å². The molecule has 0 aromatic heterocycles. The van der Waals surface area contributed by atoms with Crippen molar-refractivity contribution in [1.82, 2.24) is 10.2 Å². The molecule has 208 valence electrons. The summed E-state index contributed by atoms with van der Waals surface area (Å²) in [6.07, 6.45) is 1.27. The van der Waals surface area contributed by atoms with Gasteiger partial charge in [-0.2, -0.15) is 0 Å². The predicted molar refractivity (Wildman–Crippen MR) is 161 cm³/mol. The Bertz CT molecular complexity index is 1630. The average Bonchev–Trinajstić information content (AvgIpc) is 2.93. The molecule has 0 aliphatic carbocycles. The van der Waals surface area contributed by atoms with Crippen molar-refractivity contribution in [2.45, 2.75) is 19.0 Å². The topological polar surface area (TPSA) is 86.8 Å². The number of amides is 2.